The fourth-order valence-corrected chi connectivity index (χ4v) is 8.38. The van der Waals surface area contributed by atoms with Crippen LogP contribution in [-0.2, 0) is 0 Å². The minimum atomic E-state index is 1.16. The van der Waals surface area contributed by atoms with Crippen LogP contribution in [-0.4, -0.2) is 13.7 Å². The Bertz CT molecular complexity index is 3100. The largest absolute Gasteiger partial charge is 0.309 e. The van der Waals surface area contributed by atoms with Crippen molar-refractivity contribution in [3.63, 3.8) is 0 Å². The summed E-state index contributed by atoms with van der Waals surface area (Å²) in [5, 5.41) is 9.98. The van der Waals surface area contributed by atoms with Gasteiger partial charge in [-0.25, -0.2) is 0 Å². The number of para-hydroxylation sites is 5. The topological polar surface area (TPSA) is 14.8 Å². The quantitative estimate of drug-likeness (QED) is 0.186. The molecule has 0 amide bonds. The normalized spacial score (nSPS) is 12.1. The van der Waals surface area contributed by atoms with Crippen molar-refractivity contribution in [3.05, 3.63) is 176 Å². The molecule has 0 saturated heterocycles. The summed E-state index contributed by atoms with van der Waals surface area (Å²) in [6, 6.07) is 64.2. The number of benzene rings is 8. The van der Waals surface area contributed by atoms with Gasteiger partial charge in [0, 0.05) is 43.7 Å². The van der Waals surface area contributed by atoms with E-state index in [-0.39, 0.29) is 0 Å². The fraction of sp³-hybridized carbons (Fsp3) is 0. The zero-order valence-corrected chi connectivity index (χ0v) is 26.6. The molecule has 3 nitrogen and oxygen atoms in total. The lowest BCUT2D eigenvalue weighted by molar-refractivity contribution is 1.13. The molecule has 0 bridgehead atoms. The molecule has 11 rings (SSSR count). The van der Waals surface area contributed by atoms with E-state index in [2.05, 4.69) is 190 Å². The van der Waals surface area contributed by atoms with Crippen LogP contribution in [0.1, 0.15) is 0 Å². The van der Waals surface area contributed by atoms with E-state index in [4.69, 9.17) is 0 Å². The van der Waals surface area contributed by atoms with E-state index in [0.717, 1.165) is 17.1 Å². The van der Waals surface area contributed by atoms with E-state index in [1.165, 1.54) is 76.2 Å². The summed E-state index contributed by atoms with van der Waals surface area (Å²) >= 11 is 0. The Morgan fingerprint density at radius 3 is 1.65 bits per heavy atom. The monoisotopic (exact) mass is 623 g/mol. The van der Waals surface area contributed by atoms with Crippen molar-refractivity contribution in [1.82, 2.24) is 13.7 Å². The highest BCUT2D eigenvalue weighted by molar-refractivity contribution is 6.27. The van der Waals surface area contributed by atoms with Crippen molar-refractivity contribution in [2.75, 3.05) is 0 Å². The van der Waals surface area contributed by atoms with Crippen molar-refractivity contribution >= 4 is 76.2 Å². The van der Waals surface area contributed by atoms with Crippen LogP contribution in [0.5, 0.6) is 0 Å². The number of rotatable bonds is 3. The van der Waals surface area contributed by atoms with E-state index in [0.29, 0.717) is 0 Å². The maximum Gasteiger partial charge on any atom is 0.0782 e. The maximum absolute atomic E-state index is 2.54. The molecule has 3 heteroatoms. The van der Waals surface area contributed by atoms with Gasteiger partial charge in [-0.1, -0.05) is 121 Å². The summed E-state index contributed by atoms with van der Waals surface area (Å²) in [6.45, 7) is 0. The molecule has 0 N–H and O–H groups in total. The van der Waals surface area contributed by atoms with E-state index < -0.39 is 0 Å². The Kier molecular flexibility index (Phi) is 5.38. The molecule has 11 aromatic rings. The Morgan fingerprint density at radius 2 is 0.878 bits per heavy atom. The van der Waals surface area contributed by atoms with E-state index >= 15 is 0 Å². The van der Waals surface area contributed by atoms with Gasteiger partial charge in [-0.3, -0.25) is 0 Å². The van der Waals surface area contributed by atoms with Crippen molar-refractivity contribution in [1.29, 1.82) is 0 Å². The van der Waals surface area contributed by atoms with Crippen molar-refractivity contribution in [3.8, 4) is 17.1 Å². The van der Waals surface area contributed by atoms with Gasteiger partial charge in [0.2, 0.25) is 0 Å². The van der Waals surface area contributed by atoms with Crippen molar-refractivity contribution in [2.24, 2.45) is 0 Å². The Morgan fingerprint density at radius 1 is 0.286 bits per heavy atom. The first kappa shape index (κ1) is 26.5. The smallest absolute Gasteiger partial charge is 0.0782 e. The fourth-order valence-electron chi connectivity index (χ4n) is 8.38. The molecule has 0 aliphatic carbocycles. The van der Waals surface area contributed by atoms with Gasteiger partial charge in [-0.05, 0) is 65.4 Å². The highest BCUT2D eigenvalue weighted by Gasteiger charge is 2.23. The molecule has 0 fully saturated rings. The average molecular weight is 624 g/mol. The predicted octanol–water partition coefficient (Wildman–Crippen LogP) is 12.1. The summed E-state index contributed by atoms with van der Waals surface area (Å²) in [5.41, 5.74) is 10.7. The first-order valence-electron chi connectivity index (χ1n) is 16.9. The molecule has 8 aromatic carbocycles. The second-order valence-corrected chi connectivity index (χ2v) is 13.0. The van der Waals surface area contributed by atoms with Gasteiger partial charge in [0.05, 0.1) is 38.8 Å². The Labute approximate surface area is 282 Å². The van der Waals surface area contributed by atoms with Gasteiger partial charge < -0.3 is 13.7 Å². The van der Waals surface area contributed by atoms with Crippen LogP contribution >= 0.6 is 0 Å². The molecule has 3 heterocycles. The summed E-state index contributed by atoms with van der Waals surface area (Å²) < 4.78 is 7.42. The van der Waals surface area contributed by atoms with E-state index in [9.17, 15) is 0 Å². The van der Waals surface area contributed by atoms with Crippen LogP contribution in [0.4, 0.5) is 0 Å². The Balaban J connectivity index is 1.35. The molecule has 0 saturated carbocycles. The first-order valence-corrected chi connectivity index (χ1v) is 16.9. The molecule has 0 radical (unpaired) electrons. The van der Waals surface area contributed by atoms with Crippen molar-refractivity contribution in [2.45, 2.75) is 0 Å². The third-order valence-corrected chi connectivity index (χ3v) is 10.4. The third-order valence-electron chi connectivity index (χ3n) is 10.4. The van der Waals surface area contributed by atoms with Gasteiger partial charge in [0.15, 0.2) is 0 Å². The van der Waals surface area contributed by atoms with E-state index in [1.807, 2.05) is 0 Å². The van der Waals surface area contributed by atoms with Gasteiger partial charge in [-0.2, -0.15) is 0 Å². The molecular weight excluding hydrogens is 595 g/mol. The van der Waals surface area contributed by atoms with Crippen LogP contribution in [0.15, 0.2) is 176 Å². The lowest BCUT2D eigenvalue weighted by Gasteiger charge is -2.15. The highest BCUT2D eigenvalue weighted by atomic mass is 15.1. The molecule has 49 heavy (non-hydrogen) atoms. The number of fused-ring (bicyclic) bond motifs is 11. The van der Waals surface area contributed by atoms with Crippen molar-refractivity contribution < 1.29 is 0 Å². The SMILES string of the molecule is c1ccc(-n2c3ccccc3c3c2ccc2c4ccccc4n(-c4cccc5c6ccccc6n(-c6ccc7ccccc7c6)c45)c23)cc1. The van der Waals surface area contributed by atoms with Gasteiger partial charge in [0.25, 0.3) is 0 Å². The molecule has 0 atom stereocenters. The lowest BCUT2D eigenvalue weighted by atomic mass is 10.1. The lowest BCUT2D eigenvalue weighted by Crippen LogP contribution is -2.01. The minimum Gasteiger partial charge on any atom is -0.309 e. The predicted molar refractivity (Wildman–Crippen MR) is 207 cm³/mol. The molecular formula is C46H29N3. The maximum atomic E-state index is 2.54. The number of nitrogens with zero attached hydrogens (tertiary/aromatic N) is 3. The third kappa shape index (κ3) is 3.62. The van der Waals surface area contributed by atoms with Gasteiger partial charge >= 0.3 is 0 Å². The molecule has 3 aromatic heterocycles. The number of hydrogen-bond donors (Lipinski definition) is 0. The summed E-state index contributed by atoms with van der Waals surface area (Å²) in [5.74, 6) is 0. The average Bonchev–Trinajstić information content (AvgIpc) is 3.81. The standard InChI is InChI=1S/C46H29N3/c1-2-15-32(16-3-1)47-41-23-11-8-19-38(41)44-42(47)28-27-37-35-18-7-10-22-40(35)49(46(37)44)43-24-12-20-36-34-17-6-9-21-39(34)48(45(36)43)33-26-25-30-13-4-5-14-31(30)29-33/h1-29H. The number of aromatic nitrogens is 3. The van der Waals surface area contributed by atoms with Crippen LogP contribution in [0.25, 0.3) is 93.3 Å². The second kappa shape index (κ2) is 9.96. The van der Waals surface area contributed by atoms with E-state index in [1.54, 1.807) is 0 Å². The molecule has 0 aliphatic heterocycles. The van der Waals surface area contributed by atoms with Crippen LogP contribution in [0, 0.1) is 0 Å². The molecule has 0 aliphatic rings. The second-order valence-electron chi connectivity index (χ2n) is 13.0. The van der Waals surface area contributed by atoms with Gasteiger partial charge in [-0.15, -0.1) is 0 Å². The number of hydrogen-bond acceptors (Lipinski definition) is 0. The summed E-state index contributed by atoms with van der Waals surface area (Å²) in [7, 11) is 0. The van der Waals surface area contributed by atoms with Gasteiger partial charge in [0.1, 0.15) is 0 Å². The molecule has 0 unspecified atom stereocenters. The minimum absolute atomic E-state index is 1.16. The zero-order chi connectivity index (χ0) is 32.1. The Hall–Kier alpha value is -6.58. The highest BCUT2D eigenvalue weighted by Crippen LogP contribution is 2.44. The summed E-state index contributed by atoms with van der Waals surface area (Å²) in [4.78, 5) is 0. The molecule has 0 spiro atoms. The van der Waals surface area contributed by atoms with Crippen LogP contribution < -0.4 is 0 Å². The first-order chi connectivity index (χ1) is 24.3. The summed E-state index contributed by atoms with van der Waals surface area (Å²) in [6.07, 6.45) is 0. The zero-order valence-electron chi connectivity index (χ0n) is 26.6. The molecule has 228 valence electrons. The van der Waals surface area contributed by atoms with Crippen LogP contribution in [0.2, 0.25) is 0 Å². The van der Waals surface area contributed by atoms with Crippen LogP contribution in [0.3, 0.4) is 0 Å².